The highest BCUT2D eigenvalue weighted by atomic mass is 35.5. The molecule has 1 rings (SSSR count). The standard InChI is InChI=1S/C11H15Cl2NO2S/c1-11(2,8-12)14(3)17(15,16)10-6-4-5-9(13)7-10/h4-7H,8H2,1-3H3. The van der Waals surface area contributed by atoms with E-state index in [1.807, 2.05) is 0 Å². The van der Waals surface area contributed by atoms with Crippen LogP contribution in [0.15, 0.2) is 29.2 Å². The molecule has 0 bridgehead atoms. The van der Waals surface area contributed by atoms with Gasteiger partial charge in [0.15, 0.2) is 0 Å². The van der Waals surface area contributed by atoms with Gasteiger partial charge in [-0.25, -0.2) is 8.42 Å². The summed E-state index contributed by atoms with van der Waals surface area (Å²) in [5, 5.41) is 0.392. The Kier molecular flexibility index (Phi) is 4.47. The van der Waals surface area contributed by atoms with Crippen LogP contribution in [0.2, 0.25) is 5.02 Å². The minimum Gasteiger partial charge on any atom is -0.207 e. The summed E-state index contributed by atoms with van der Waals surface area (Å²) < 4.78 is 25.9. The smallest absolute Gasteiger partial charge is 0.207 e. The quantitative estimate of drug-likeness (QED) is 0.801. The predicted octanol–water partition coefficient (Wildman–Crippen LogP) is 2.98. The van der Waals surface area contributed by atoms with E-state index in [0.29, 0.717) is 5.02 Å². The Morgan fingerprint density at radius 3 is 2.41 bits per heavy atom. The number of rotatable bonds is 4. The van der Waals surface area contributed by atoms with Crippen LogP contribution < -0.4 is 0 Å². The van der Waals surface area contributed by atoms with E-state index < -0.39 is 15.6 Å². The maximum absolute atomic E-state index is 12.3. The first kappa shape index (κ1) is 14.8. The SMILES string of the molecule is CN(C(C)(C)CCl)S(=O)(=O)c1cccc(Cl)c1. The Labute approximate surface area is 112 Å². The Morgan fingerprint density at radius 1 is 1.35 bits per heavy atom. The molecule has 1 aromatic rings. The van der Waals surface area contributed by atoms with Crippen LogP contribution in [0.1, 0.15) is 13.8 Å². The van der Waals surface area contributed by atoms with Gasteiger partial charge in [0.05, 0.1) is 4.90 Å². The predicted molar refractivity (Wildman–Crippen MR) is 71.2 cm³/mol. The second-order valence-electron chi connectivity index (χ2n) is 4.38. The largest absolute Gasteiger partial charge is 0.243 e. The minimum atomic E-state index is -3.57. The van der Waals surface area contributed by atoms with Gasteiger partial charge in [-0.2, -0.15) is 4.31 Å². The van der Waals surface area contributed by atoms with Crippen molar-refractivity contribution in [2.24, 2.45) is 0 Å². The van der Waals surface area contributed by atoms with Gasteiger partial charge in [-0.05, 0) is 32.0 Å². The molecule has 0 unspecified atom stereocenters. The summed E-state index contributed by atoms with van der Waals surface area (Å²) >= 11 is 11.6. The molecule has 0 spiro atoms. The van der Waals surface area contributed by atoms with Crippen LogP contribution in [0.3, 0.4) is 0 Å². The fraction of sp³-hybridized carbons (Fsp3) is 0.455. The monoisotopic (exact) mass is 295 g/mol. The van der Waals surface area contributed by atoms with E-state index in [4.69, 9.17) is 23.2 Å². The highest BCUT2D eigenvalue weighted by Gasteiger charge is 2.33. The number of alkyl halides is 1. The molecule has 0 aliphatic heterocycles. The van der Waals surface area contributed by atoms with Crippen molar-refractivity contribution in [3.63, 3.8) is 0 Å². The molecule has 0 amide bonds. The van der Waals surface area contributed by atoms with Crippen LogP contribution in [-0.2, 0) is 10.0 Å². The Morgan fingerprint density at radius 2 is 1.94 bits per heavy atom. The summed E-state index contributed by atoms with van der Waals surface area (Å²) in [5.41, 5.74) is -0.650. The second-order valence-corrected chi connectivity index (χ2v) is 7.05. The lowest BCUT2D eigenvalue weighted by Crippen LogP contribution is -2.46. The molecule has 0 aliphatic carbocycles. The van der Waals surface area contributed by atoms with Gasteiger partial charge in [-0.15, -0.1) is 11.6 Å². The molecule has 0 aromatic heterocycles. The van der Waals surface area contributed by atoms with Crippen molar-refractivity contribution >= 4 is 33.2 Å². The Balaban J connectivity index is 3.21. The average molecular weight is 296 g/mol. The number of nitrogens with zero attached hydrogens (tertiary/aromatic N) is 1. The summed E-state index contributed by atoms with van der Waals surface area (Å²) in [7, 11) is -2.05. The number of benzene rings is 1. The van der Waals surface area contributed by atoms with E-state index in [-0.39, 0.29) is 10.8 Å². The van der Waals surface area contributed by atoms with Crippen LogP contribution in [-0.4, -0.2) is 31.2 Å². The van der Waals surface area contributed by atoms with Crippen molar-refractivity contribution in [3.8, 4) is 0 Å². The molecule has 0 radical (unpaired) electrons. The van der Waals surface area contributed by atoms with E-state index in [9.17, 15) is 8.42 Å². The van der Waals surface area contributed by atoms with E-state index in [1.54, 1.807) is 26.0 Å². The molecule has 0 fully saturated rings. The second kappa shape index (κ2) is 5.14. The Bertz CT molecular complexity index is 500. The first-order valence-electron chi connectivity index (χ1n) is 5.02. The maximum atomic E-state index is 12.3. The van der Waals surface area contributed by atoms with Gasteiger partial charge in [0, 0.05) is 23.5 Å². The molecule has 0 aliphatic rings. The average Bonchev–Trinajstić information content (AvgIpc) is 2.28. The lowest BCUT2D eigenvalue weighted by molar-refractivity contribution is 0.296. The van der Waals surface area contributed by atoms with Crippen molar-refractivity contribution in [2.45, 2.75) is 24.3 Å². The van der Waals surface area contributed by atoms with Gasteiger partial charge >= 0.3 is 0 Å². The number of sulfonamides is 1. The van der Waals surface area contributed by atoms with E-state index in [1.165, 1.54) is 23.5 Å². The lowest BCUT2D eigenvalue weighted by Gasteiger charge is -2.32. The third-order valence-electron chi connectivity index (χ3n) is 2.63. The van der Waals surface area contributed by atoms with Crippen molar-refractivity contribution in [2.75, 3.05) is 12.9 Å². The number of hydrogen-bond donors (Lipinski definition) is 0. The maximum Gasteiger partial charge on any atom is 0.243 e. The summed E-state index contributed by atoms with van der Waals surface area (Å²) in [5.74, 6) is 0.212. The fourth-order valence-electron chi connectivity index (χ4n) is 1.20. The van der Waals surface area contributed by atoms with E-state index in [2.05, 4.69) is 0 Å². The molecule has 6 heteroatoms. The molecule has 1 aromatic carbocycles. The van der Waals surface area contributed by atoms with Crippen molar-refractivity contribution in [1.82, 2.24) is 4.31 Å². The van der Waals surface area contributed by atoms with Crippen LogP contribution in [0, 0.1) is 0 Å². The van der Waals surface area contributed by atoms with Gasteiger partial charge < -0.3 is 0 Å². The van der Waals surface area contributed by atoms with Crippen molar-refractivity contribution < 1.29 is 8.42 Å². The molecule has 96 valence electrons. The zero-order valence-electron chi connectivity index (χ0n) is 9.94. The molecule has 0 saturated carbocycles. The molecule has 0 N–H and O–H groups in total. The fourth-order valence-corrected chi connectivity index (χ4v) is 3.26. The molecule has 17 heavy (non-hydrogen) atoms. The van der Waals surface area contributed by atoms with Crippen LogP contribution >= 0.6 is 23.2 Å². The highest BCUT2D eigenvalue weighted by Crippen LogP contribution is 2.25. The van der Waals surface area contributed by atoms with Gasteiger partial charge in [0.1, 0.15) is 0 Å². The van der Waals surface area contributed by atoms with Crippen LogP contribution in [0.25, 0.3) is 0 Å². The van der Waals surface area contributed by atoms with Crippen molar-refractivity contribution in [3.05, 3.63) is 29.3 Å². The summed E-state index contributed by atoms with van der Waals surface area (Å²) in [6, 6.07) is 6.18. The van der Waals surface area contributed by atoms with Crippen LogP contribution in [0.5, 0.6) is 0 Å². The van der Waals surface area contributed by atoms with Gasteiger partial charge in [0.2, 0.25) is 10.0 Å². The minimum absolute atomic E-state index is 0.172. The Hall–Kier alpha value is -0.290. The van der Waals surface area contributed by atoms with Gasteiger partial charge in [0.25, 0.3) is 0 Å². The first-order chi connectivity index (χ1) is 7.71. The molecule has 0 saturated heterocycles. The number of halogens is 2. The van der Waals surface area contributed by atoms with E-state index >= 15 is 0 Å². The topological polar surface area (TPSA) is 37.4 Å². The molecular weight excluding hydrogens is 281 g/mol. The molecule has 0 atom stereocenters. The third-order valence-corrected chi connectivity index (χ3v) is 5.59. The number of hydrogen-bond acceptors (Lipinski definition) is 2. The lowest BCUT2D eigenvalue weighted by atomic mass is 10.1. The molecular formula is C11H15Cl2NO2S. The normalized spacial score (nSPS) is 13.1. The first-order valence-corrected chi connectivity index (χ1v) is 7.37. The molecule has 3 nitrogen and oxygen atoms in total. The van der Waals surface area contributed by atoms with E-state index in [0.717, 1.165) is 0 Å². The van der Waals surface area contributed by atoms with Gasteiger partial charge in [-0.3, -0.25) is 0 Å². The van der Waals surface area contributed by atoms with Gasteiger partial charge in [-0.1, -0.05) is 17.7 Å². The molecule has 0 heterocycles. The summed E-state index contributed by atoms with van der Waals surface area (Å²) in [6.45, 7) is 3.53. The zero-order valence-corrected chi connectivity index (χ0v) is 12.3. The zero-order chi connectivity index (χ0) is 13.3. The highest BCUT2D eigenvalue weighted by molar-refractivity contribution is 7.89. The van der Waals surface area contributed by atoms with Crippen LogP contribution in [0.4, 0.5) is 0 Å². The summed E-state index contributed by atoms with van der Waals surface area (Å²) in [6.07, 6.45) is 0. The van der Waals surface area contributed by atoms with Crippen molar-refractivity contribution in [1.29, 1.82) is 0 Å². The summed E-state index contributed by atoms with van der Waals surface area (Å²) in [4.78, 5) is 0.172. The third kappa shape index (κ3) is 3.13.